The SMILES string of the molecule is O=C(S)/C(=N\OC(c1ccccc1)(c1ccccc1)c1cccc(-c2nc3ccccc3s2)c1)c1nc(NC(c2ccccc2)(c2ccccc2)c2ccccc2)sc1Cl. The standard InChI is InChI=1S/C50H35ClN4O2S3/c51-45-43(53-48(60-45)54-49(35-20-6-1-7-21-35,36-22-8-2-9-23-36)37-24-10-3-11-25-37)44(47(56)58)55-57-50(38-26-12-4-13-27-38,39-28-14-5-15-29-39)40-30-18-19-34(33-40)46-52-41-31-16-17-32-42(41)59-46/h1-33H,(H,53,54)(H,56,58)/b55-44-. The number of hydrogen-bond acceptors (Lipinski definition) is 8. The molecule has 0 amide bonds. The van der Waals surface area contributed by atoms with E-state index < -0.39 is 16.3 Å². The topological polar surface area (TPSA) is 76.5 Å². The summed E-state index contributed by atoms with van der Waals surface area (Å²) in [6.07, 6.45) is 0. The minimum absolute atomic E-state index is 0.143. The van der Waals surface area contributed by atoms with E-state index in [0.717, 1.165) is 54.2 Å². The zero-order valence-electron chi connectivity index (χ0n) is 31.9. The van der Waals surface area contributed by atoms with Crippen LogP contribution in [0.1, 0.15) is 39.1 Å². The summed E-state index contributed by atoms with van der Waals surface area (Å²) in [6.45, 7) is 0. The number of fused-ring (bicyclic) bond motifs is 1. The number of nitrogens with zero attached hydrogens (tertiary/aromatic N) is 3. The predicted molar refractivity (Wildman–Crippen MR) is 249 cm³/mol. The van der Waals surface area contributed by atoms with Crippen molar-refractivity contribution in [2.24, 2.45) is 5.16 Å². The van der Waals surface area contributed by atoms with Crippen molar-refractivity contribution in [3.05, 3.63) is 244 Å². The van der Waals surface area contributed by atoms with Crippen molar-refractivity contribution < 1.29 is 9.63 Å². The van der Waals surface area contributed by atoms with Crippen LogP contribution in [-0.2, 0) is 20.8 Å². The Balaban J connectivity index is 1.18. The van der Waals surface area contributed by atoms with Gasteiger partial charge in [0.05, 0.1) is 10.2 Å². The van der Waals surface area contributed by atoms with E-state index in [9.17, 15) is 4.79 Å². The number of rotatable bonds is 13. The fourth-order valence-corrected chi connectivity index (χ4v) is 9.82. The second-order valence-corrected chi connectivity index (χ2v) is 17.0. The third kappa shape index (κ3) is 7.41. The lowest BCUT2D eigenvalue weighted by Crippen LogP contribution is -2.38. The van der Waals surface area contributed by atoms with Gasteiger partial charge in [-0.1, -0.05) is 223 Å². The average molecular weight is 856 g/mol. The lowest BCUT2D eigenvalue weighted by atomic mass is 9.77. The molecular formula is C50H35ClN4O2S3. The maximum absolute atomic E-state index is 13.6. The highest BCUT2D eigenvalue weighted by atomic mass is 35.5. The van der Waals surface area contributed by atoms with Gasteiger partial charge in [-0.05, 0) is 34.9 Å². The Labute approximate surface area is 366 Å². The minimum Gasteiger partial charge on any atom is -0.374 e. The highest BCUT2D eigenvalue weighted by molar-refractivity contribution is 7.99. The molecule has 1 N–H and O–H groups in total. The second-order valence-electron chi connectivity index (χ2n) is 13.9. The highest BCUT2D eigenvalue weighted by Crippen LogP contribution is 2.45. The van der Waals surface area contributed by atoms with Crippen molar-refractivity contribution in [1.82, 2.24) is 9.97 Å². The summed E-state index contributed by atoms with van der Waals surface area (Å²) in [4.78, 5) is 30.4. The van der Waals surface area contributed by atoms with Crippen molar-refractivity contribution in [2.45, 2.75) is 11.1 Å². The summed E-state index contributed by atoms with van der Waals surface area (Å²) in [6, 6.07) is 66.4. The fraction of sp³-hybridized carbons (Fsp3) is 0.0400. The monoisotopic (exact) mass is 854 g/mol. The molecule has 9 rings (SSSR count). The molecule has 0 saturated carbocycles. The quantitative estimate of drug-likeness (QED) is 0.0523. The van der Waals surface area contributed by atoms with Crippen LogP contribution < -0.4 is 5.32 Å². The summed E-state index contributed by atoms with van der Waals surface area (Å²) >= 11 is 14.2. The van der Waals surface area contributed by atoms with E-state index in [2.05, 4.69) is 71.6 Å². The lowest BCUT2D eigenvalue weighted by Gasteiger charge is -2.36. The number of para-hydroxylation sites is 1. The number of anilines is 1. The van der Waals surface area contributed by atoms with Gasteiger partial charge in [-0.2, -0.15) is 0 Å². The third-order valence-corrected chi connectivity index (χ3v) is 12.8. The van der Waals surface area contributed by atoms with E-state index in [-0.39, 0.29) is 15.7 Å². The molecule has 6 nitrogen and oxygen atoms in total. The molecule has 292 valence electrons. The number of carbonyl (C=O) groups is 1. The molecule has 10 heteroatoms. The van der Waals surface area contributed by atoms with Gasteiger partial charge in [0.1, 0.15) is 20.6 Å². The molecular weight excluding hydrogens is 820 g/mol. The van der Waals surface area contributed by atoms with Crippen LogP contribution in [0.15, 0.2) is 205 Å². The zero-order valence-corrected chi connectivity index (χ0v) is 35.1. The van der Waals surface area contributed by atoms with Crippen LogP contribution in [0.3, 0.4) is 0 Å². The molecule has 0 unspecified atom stereocenters. The fourth-order valence-electron chi connectivity index (χ4n) is 7.61. The summed E-state index contributed by atoms with van der Waals surface area (Å²) in [5.41, 5.74) is 4.94. The van der Waals surface area contributed by atoms with Crippen molar-refractivity contribution in [1.29, 1.82) is 0 Å². The largest absolute Gasteiger partial charge is 0.374 e. The Bertz CT molecular complexity index is 2760. The summed E-state index contributed by atoms with van der Waals surface area (Å²) in [5.74, 6) is 0. The Morgan fingerprint density at radius 2 is 1.07 bits per heavy atom. The van der Waals surface area contributed by atoms with Crippen LogP contribution in [0.4, 0.5) is 5.13 Å². The Kier molecular flexibility index (Phi) is 11.1. The first-order valence-corrected chi connectivity index (χ1v) is 21.6. The first-order chi connectivity index (χ1) is 29.5. The molecule has 9 aromatic rings. The molecule has 0 aliphatic carbocycles. The number of thiol groups is 1. The van der Waals surface area contributed by atoms with Gasteiger partial charge in [-0.15, -0.1) is 11.3 Å². The van der Waals surface area contributed by atoms with Crippen LogP contribution in [0, 0.1) is 0 Å². The van der Waals surface area contributed by atoms with E-state index in [1.165, 1.54) is 11.3 Å². The van der Waals surface area contributed by atoms with Gasteiger partial charge in [-0.3, -0.25) is 4.79 Å². The minimum atomic E-state index is -1.34. The number of thiazole rings is 2. The Morgan fingerprint density at radius 1 is 0.583 bits per heavy atom. The van der Waals surface area contributed by atoms with Crippen molar-refractivity contribution in [2.75, 3.05) is 5.32 Å². The average Bonchev–Trinajstić information content (AvgIpc) is 3.91. The molecule has 0 saturated heterocycles. The number of hydrogen-bond donors (Lipinski definition) is 2. The second kappa shape index (κ2) is 17.1. The number of nitrogens with one attached hydrogen (secondary N) is 1. The Morgan fingerprint density at radius 3 is 1.58 bits per heavy atom. The molecule has 0 aliphatic heterocycles. The molecule has 60 heavy (non-hydrogen) atoms. The van der Waals surface area contributed by atoms with Gasteiger partial charge in [0.15, 0.2) is 10.8 Å². The first kappa shape index (κ1) is 39.1. The number of benzene rings is 7. The molecule has 0 bridgehead atoms. The van der Waals surface area contributed by atoms with Gasteiger partial charge >= 0.3 is 0 Å². The van der Waals surface area contributed by atoms with Gasteiger partial charge in [0, 0.05) is 22.3 Å². The zero-order chi connectivity index (χ0) is 40.9. The lowest BCUT2D eigenvalue weighted by molar-refractivity contribution is -0.105. The number of oxime groups is 1. The van der Waals surface area contributed by atoms with Crippen LogP contribution in [0.5, 0.6) is 0 Å². The predicted octanol–water partition coefficient (Wildman–Crippen LogP) is 12.6. The normalized spacial score (nSPS) is 12.0. The number of aromatic nitrogens is 2. The van der Waals surface area contributed by atoms with Crippen molar-refractivity contribution in [3.63, 3.8) is 0 Å². The molecule has 0 fully saturated rings. The van der Waals surface area contributed by atoms with Gasteiger partial charge in [0.25, 0.3) is 0 Å². The molecule has 0 aliphatic rings. The molecule has 2 heterocycles. The number of carbonyl (C=O) groups excluding carboxylic acids is 1. The third-order valence-electron chi connectivity index (χ3n) is 10.4. The van der Waals surface area contributed by atoms with Crippen LogP contribution >= 0.6 is 46.9 Å². The summed E-state index contributed by atoms with van der Waals surface area (Å²) in [5, 5.41) is 9.13. The van der Waals surface area contributed by atoms with E-state index in [1.54, 1.807) is 11.3 Å². The smallest absolute Gasteiger partial charge is 0.240 e. The summed E-state index contributed by atoms with van der Waals surface area (Å²) < 4.78 is 1.34. The van der Waals surface area contributed by atoms with Gasteiger partial charge < -0.3 is 10.2 Å². The highest BCUT2D eigenvalue weighted by Gasteiger charge is 2.41. The van der Waals surface area contributed by atoms with E-state index in [1.807, 2.05) is 152 Å². The molecule has 2 aromatic heterocycles. The van der Waals surface area contributed by atoms with Crippen LogP contribution in [-0.4, -0.2) is 20.8 Å². The molecule has 0 atom stereocenters. The molecule has 0 spiro atoms. The van der Waals surface area contributed by atoms with Crippen molar-refractivity contribution >= 4 is 73.1 Å². The van der Waals surface area contributed by atoms with E-state index in [4.69, 9.17) is 26.4 Å². The van der Waals surface area contributed by atoms with Crippen LogP contribution in [0.2, 0.25) is 4.34 Å². The van der Waals surface area contributed by atoms with E-state index >= 15 is 0 Å². The van der Waals surface area contributed by atoms with E-state index in [0.29, 0.717) is 5.13 Å². The Hall–Kier alpha value is -6.36. The maximum atomic E-state index is 13.6. The number of halogens is 1. The molecule has 0 radical (unpaired) electrons. The molecule has 7 aromatic carbocycles. The van der Waals surface area contributed by atoms with Crippen LogP contribution in [0.25, 0.3) is 20.8 Å². The van der Waals surface area contributed by atoms with Gasteiger partial charge in [-0.25, -0.2) is 9.97 Å². The first-order valence-electron chi connectivity index (χ1n) is 19.1. The maximum Gasteiger partial charge on any atom is 0.240 e. The van der Waals surface area contributed by atoms with Gasteiger partial charge in [0.2, 0.25) is 10.7 Å². The van der Waals surface area contributed by atoms with Crippen molar-refractivity contribution in [3.8, 4) is 10.6 Å². The summed E-state index contributed by atoms with van der Waals surface area (Å²) in [7, 11) is 0.